The lowest BCUT2D eigenvalue weighted by molar-refractivity contribution is -0.123. The van der Waals surface area contributed by atoms with E-state index in [-0.39, 0.29) is 11.8 Å². The number of aryl methyl sites for hydroxylation is 1. The average molecular weight is 490 g/mol. The Balaban J connectivity index is 2.08. The molecule has 2 aromatic carbocycles. The van der Waals surface area contributed by atoms with Crippen LogP contribution in [0.4, 0.5) is 0 Å². The van der Waals surface area contributed by atoms with Crippen molar-refractivity contribution in [2.45, 2.75) is 33.7 Å². The van der Waals surface area contributed by atoms with E-state index < -0.39 is 11.9 Å². The van der Waals surface area contributed by atoms with Gasteiger partial charge in [-0.3, -0.25) is 9.59 Å². The van der Waals surface area contributed by atoms with Gasteiger partial charge in [-0.1, -0.05) is 31.5 Å². The summed E-state index contributed by atoms with van der Waals surface area (Å²) in [6.07, 6.45) is 1.50. The number of rotatable bonds is 9. The van der Waals surface area contributed by atoms with E-state index in [0.717, 1.165) is 5.56 Å². The number of ether oxygens (including phenoxy) is 2. The Morgan fingerprint density at radius 2 is 1.87 bits per heavy atom. The molecule has 0 aromatic heterocycles. The van der Waals surface area contributed by atoms with Gasteiger partial charge in [0.05, 0.1) is 24.4 Å². The van der Waals surface area contributed by atoms with Gasteiger partial charge in [0.2, 0.25) is 0 Å². The standard InChI is InChI=1S/C23H28BrN3O4/c1-6-31-19-12-16(11-18(24)21(19)30-5)13-25-27-23(29)20(14(2)3)26-22(28)17-9-7-15(4)8-10-17/h7-14,20H,6H2,1-5H3,(H,26,28)(H,27,29). The number of benzene rings is 2. The van der Waals surface area contributed by atoms with Crippen molar-refractivity contribution in [1.82, 2.24) is 10.7 Å². The molecule has 1 atom stereocenters. The van der Waals surface area contributed by atoms with Crippen LogP contribution in [0, 0.1) is 12.8 Å². The number of nitrogens with zero attached hydrogens (tertiary/aromatic N) is 1. The number of hydrogen-bond acceptors (Lipinski definition) is 5. The summed E-state index contributed by atoms with van der Waals surface area (Å²) in [6, 6.07) is 10.0. The van der Waals surface area contributed by atoms with Crippen molar-refractivity contribution in [3.8, 4) is 11.5 Å². The van der Waals surface area contributed by atoms with Crippen LogP contribution < -0.4 is 20.2 Å². The number of halogens is 1. The molecule has 1 unspecified atom stereocenters. The number of carbonyl (C=O) groups is 2. The zero-order valence-electron chi connectivity index (χ0n) is 18.4. The highest BCUT2D eigenvalue weighted by Crippen LogP contribution is 2.36. The van der Waals surface area contributed by atoms with Gasteiger partial charge < -0.3 is 14.8 Å². The van der Waals surface area contributed by atoms with Crippen LogP contribution in [0.3, 0.4) is 0 Å². The van der Waals surface area contributed by atoms with E-state index in [1.807, 2.05) is 39.8 Å². The minimum Gasteiger partial charge on any atom is -0.492 e. The van der Waals surface area contributed by atoms with Crippen molar-refractivity contribution in [3.05, 3.63) is 57.6 Å². The Hall–Kier alpha value is -2.87. The van der Waals surface area contributed by atoms with Crippen molar-refractivity contribution in [2.24, 2.45) is 11.0 Å². The minimum atomic E-state index is -0.729. The molecular weight excluding hydrogens is 462 g/mol. The molecule has 0 spiro atoms. The van der Waals surface area contributed by atoms with E-state index >= 15 is 0 Å². The fourth-order valence-corrected chi connectivity index (χ4v) is 3.45. The number of nitrogens with one attached hydrogen (secondary N) is 2. The quantitative estimate of drug-likeness (QED) is 0.410. The second-order valence-corrected chi connectivity index (χ2v) is 8.12. The Morgan fingerprint density at radius 3 is 2.45 bits per heavy atom. The van der Waals surface area contributed by atoms with Crippen molar-refractivity contribution >= 4 is 34.0 Å². The van der Waals surface area contributed by atoms with Gasteiger partial charge in [0.25, 0.3) is 11.8 Å². The third-order valence-corrected chi connectivity index (χ3v) is 5.06. The maximum atomic E-state index is 12.6. The van der Waals surface area contributed by atoms with E-state index in [2.05, 4.69) is 31.8 Å². The SMILES string of the molecule is CCOc1cc(C=NNC(=O)C(NC(=O)c2ccc(C)cc2)C(C)C)cc(Br)c1OC. The van der Waals surface area contributed by atoms with Crippen LogP contribution in [0.1, 0.15) is 42.3 Å². The Kier molecular flexibility index (Phi) is 9.05. The molecule has 166 valence electrons. The van der Waals surface area contributed by atoms with Crippen molar-refractivity contribution < 1.29 is 19.1 Å². The number of carbonyl (C=O) groups excluding carboxylic acids is 2. The Bertz CT molecular complexity index is 943. The largest absolute Gasteiger partial charge is 0.492 e. The molecule has 0 bridgehead atoms. The normalized spacial score (nSPS) is 12.0. The molecule has 0 fully saturated rings. The summed E-state index contributed by atoms with van der Waals surface area (Å²) in [5, 5.41) is 6.82. The topological polar surface area (TPSA) is 89.0 Å². The number of hydrazone groups is 1. The van der Waals surface area contributed by atoms with Gasteiger partial charge in [-0.15, -0.1) is 0 Å². The summed E-state index contributed by atoms with van der Waals surface area (Å²) in [4.78, 5) is 25.1. The molecule has 0 saturated heterocycles. The fraction of sp³-hybridized carbons (Fsp3) is 0.348. The molecule has 2 amide bonds. The zero-order chi connectivity index (χ0) is 23.0. The van der Waals surface area contributed by atoms with Crippen molar-refractivity contribution in [3.63, 3.8) is 0 Å². The van der Waals surface area contributed by atoms with Crippen LogP contribution in [0.2, 0.25) is 0 Å². The van der Waals surface area contributed by atoms with Crippen LogP contribution in [0.25, 0.3) is 0 Å². The molecule has 8 heteroatoms. The maximum absolute atomic E-state index is 12.6. The van der Waals surface area contributed by atoms with E-state index in [0.29, 0.717) is 33.7 Å². The second-order valence-electron chi connectivity index (χ2n) is 7.26. The van der Waals surface area contributed by atoms with E-state index in [1.54, 1.807) is 31.4 Å². The predicted molar refractivity (Wildman–Crippen MR) is 125 cm³/mol. The van der Waals surface area contributed by atoms with Gasteiger partial charge >= 0.3 is 0 Å². The summed E-state index contributed by atoms with van der Waals surface area (Å²) in [6.45, 7) is 8.03. The minimum absolute atomic E-state index is 0.121. The van der Waals surface area contributed by atoms with Gasteiger partial charge in [0, 0.05) is 5.56 Å². The van der Waals surface area contributed by atoms with E-state index in [9.17, 15) is 9.59 Å². The summed E-state index contributed by atoms with van der Waals surface area (Å²) in [5.41, 5.74) is 4.77. The molecule has 2 aromatic rings. The molecule has 2 N–H and O–H groups in total. The van der Waals surface area contributed by atoms with Gasteiger partial charge in [-0.2, -0.15) is 5.10 Å². The highest BCUT2D eigenvalue weighted by Gasteiger charge is 2.24. The first-order valence-electron chi connectivity index (χ1n) is 9.97. The fourth-order valence-electron chi connectivity index (χ4n) is 2.83. The van der Waals surface area contributed by atoms with Gasteiger partial charge in [-0.25, -0.2) is 5.43 Å². The number of methoxy groups -OCH3 is 1. The van der Waals surface area contributed by atoms with Crippen molar-refractivity contribution in [1.29, 1.82) is 0 Å². The summed E-state index contributed by atoms with van der Waals surface area (Å²) in [7, 11) is 1.56. The molecule has 0 aliphatic heterocycles. The lowest BCUT2D eigenvalue weighted by Crippen LogP contribution is -2.48. The van der Waals surface area contributed by atoms with Crippen LogP contribution in [-0.2, 0) is 4.79 Å². The number of amides is 2. The van der Waals surface area contributed by atoms with Crippen LogP contribution in [0.15, 0.2) is 46.0 Å². The lowest BCUT2D eigenvalue weighted by Gasteiger charge is -2.20. The summed E-state index contributed by atoms with van der Waals surface area (Å²) < 4.78 is 11.6. The van der Waals surface area contributed by atoms with Crippen molar-refractivity contribution in [2.75, 3.05) is 13.7 Å². The molecule has 0 saturated carbocycles. The maximum Gasteiger partial charge on any atom is 0.262 e. The third-order valence-electron chi connectivity index (χ3n) is 4.47. The molecule has 0 aliphatic rings. The van der Waals surface area contributed by atoms with Gasteiger partial charge in [0.1, 0.15) is 6.04 Å². The van der Waals surface area contributed by atoms with Crippen LogP contribution in [-0.4, -0.2) is 37.8 Å². The first kappa shape index (κ1) is 24.4. The summed E-state index contributed by atoms with van der Waals surface area (Å²) in [5.74, 6) is 0.325. The first-order chi connectivity index (χ1) is 14.8. The molecule has 7 nitrogen and oxygen atoms in total. The second kappa shape index (κ2) is 11.5. The molecular formula is C23H28BrN3O4. The molecule has 2 rings (SSSR count). The highest BCUT2D eigenvalue weighted by molar-refractivity contribution is 9.10. The number of hydrogen-bond donors (Lipinski definition) is 2. The Morgan fingerprint density at radius 1 is 1.19 bits per heavy atom. The predicted octanol–water partition coefficient (Wildman–Crippen LogP) is 4.07. The van der Waals surface area contributed by atoms with Gasteiger partial charge in [0.15, 0.2) is 11.5 Å². The third kappa shape index (κ3) is 6.82. The molecule has 0 aliphatic carbocycles. The monoisotopic (exact) mass is 489 g/mol. The molecule has 0 radical (unpaired) electrons. The van der Waals surface area contributed by atoms with E-state index in [4.69, 9.17) is 9.47 Å². The molecule has 0 heterocycles. The summed E-state index contributed by atoms with van der Waals surface area (Å²) >= 11 is 3.44. The molecule has 31 heavy (non-hydrogen) atoms. The van der Waals surface area contributed by atoms with Crippen LogP contribution >= 0.6 is 15.9 Å². The zero-order valence-corrected chi connectivity index (χ0v) is 19.9. The average Bonchev–Trinajstić information content (AvgIpc) is 2.72. The van der Waals surface area contributed by atoms with Crippen LogP contribution in [0.5, 0.6) is 11.5 Å². The Labute approximate surface area is 191 Å². The lowest BCUT2D eigenvalue weighted by atomic mass is 10.0. The van der Waals surface area contributed by atoms with Gasteiger partial charge in [-0.05, 0) is 65.5 Å². The first-order valence-corrected chi connectivity index (χ1v) is 10.8. The van der Waals surface area contributed by atoms with E-state index in [1.165, 1.54) is 6.21 Å². The highest BCUT2D eigenvalue weighted by atomic mass is 79.9. The smallest absolute Gasteiger partial charge is 0.262 e.